The molecule has 22 nitrogen and oxygen atoms in total. The summed E-state index contributed by atoms with van der Waals surface area (Å²) in [6.07, 6.45) is 4.50. The third kappa shape index (κ3) is 56.3. The molecule has 498 valence electrons. The zero-order valence-electron chi connectivity index (χ0n) is 53.2. The molecular weight excluding hydrogens is 1120 g/mol. The Kier molecular flexibility index (Phi) is 62.0. The van der Waals surface area contributed by atoms with Gasteiger partial charge in [-0.05, 0) is 63.1 Å². The van der Waals surface area contributed by atoms with E-state index in [1.54, 1.807) is 14.2 Å². The molecule has 0 aliphatic rings. The Balaban J connectivity index is 0.000000646. The highest BCUT2D eigenvalue weighted by atomic mass is 16.6. The Labute approximate surface area is 515 Å². The van der Waals surface area contributed by atoms with E-state index < -0.39 is 0 Å². The van der Waals surface area contributed by atoms with Crippen molar-refractivity contribution < 1.29 is 104 Å². The zero-order chi connectivity index (χ0) is 61.8. The highest BCUT2D eigenvalue weighted by molar-refractivity contribution is 5.34. The maximum atomic E-state index is 5.69. The highest BCUT2D eigenvalue weighted by Crippen LogP contribution is 2.21. The third-order valence-electron chi connectivity index (χ3n) is 10.9. The van der Waals surface area contributed by atoms with Crippen LogP contribution >= 0.6 is 0 Å². The number of rotatable bonds is 62. The molecule has 3 rings (SSSR count). The van der Waals surface area contributed by atoms with Gasteiger partial charge in [0, 0.05) is 58.8 Å². The molecule has 0 aliphatic heterocycles. The van der Waals surface area contributed by atoms with Gasteiger partial charge in [0.15, 0.2) is 0 Å². The Hall–Kier alpha value is -4.18. The number of hydrogen-bond acceptors (Lipinski definition) is 22. The van der Waals surface area contributed by atoms with Crippen molar-refractivity contribution in [3.05, 3.63) is 72.8 Å². The standard InChI is InChI=1S/C22H38O8.C22H38O6.C20H34O8/c1-3-23-8-10-25-12-14-27-16-18-29-21-6-5-7-22(20-21)30-19-17-28-15-13-26-11-9-24-4-2;1-3-5-10-23-12-14-25-16-18-27-21-8-7-9-22(20-21)28-19-17-26-15-13-24-11-6-4-2;1-21-6-8-23-10-12-25-14-16-27-19-4-3-5-20(18-19)28-17-15-26-13-11-24-9-7-22-2/h5-7,20H,3-4,8-19H2,1-2H3;7-9,20H,3-6,10-19H2,1-2H3;3-5,18H,6-17H2,1-2H3. The topological polar surface area (TPSA) is 203 Å². The summed E-state index contributed by atoms with van der Waals surface area (Å²) >= 11 is 0. The molecule has 0 heterocycles. The molecule has 0 radical (unpaired) electrons. The Morgan fingerprint density at radius 2 is 0.384 bits per heavy atom. The van der Waals surface area contributed by atoms with Gasteiger partial charge in [0.1, 0.15) is 74.1 Å². The summed E-state index contributed by atoms with van der Waals surface area (Å²) in [7, 11) is 3.29. The number of benzene rings is 3. The van der Waals surface area contributed by atoms with Crippen molar-refractivity contribution in [3.8, 4) is 34.5 Å². The molecule has 0 amide bonds. The van der Waals surface area contributed by atoms with Crippen molar-refractivity contribution in [3.63, 3.8) is 0 Å². The van der Waals surface area contributed by atoms with Crippen LogP contribution in [-0.2, 0) is 75.8 Å². The first-order valence-corrected chi connectivity index (χ1v) is 30.7. The van der Waals surface area contributed by atoms with Crippen LogP contribution in [0.2, 0.25) is 0 Å². The first kappa shape index (κ1) is 79.8. The summed E-state index contributed by atoms with van der Waals surface area (Å²) in [5, 5.41) is 0. The second-order valence-electron chi connectivity index (χ2n) is 18.0. The summed E-state index contributed by atoms with van der Waals surface area (Å²) in [6.45, 7) is 28.8. The maximum Gasteiger partial charge on any atom is 0.123 e. The maximum absolute atomic E-state index is 5.69. The molecule has 0 aromatic heterocycles. The van der Waals surface area contributed by atoms with E-state index >= 15 is 0 Å². The van der Waals surface area contributed by atoms with Gasteiger partial charge >= 0.3 is 0 Å². The Morgan fingerprint density at radius 1 is 0.209 bits per heavy atom. The van der Waals surface area contributed by atoms with Gasteiger partial charge in [0.25, 0.3) is 0 Å². The number of methoxy groups -OCH3 is 2. The van der Waals surface area contributed by atoms with E-state index in [1.165, 1.54) is 0 Å². The fraction of sp³-hybridized carbons (Fsp3) is 0.719. The third-order valence-corrected chi connectivity index (χ3v) is 10.9. The molecule has 0 N–H and O–H groups in total. The molecule has 0 bridgehead atoms. The lowest BCUT2D eigenvalue weighted by Gasteiger charge is -2.10. The minimum Gasteiger partial charge on any atom is -0.491 e. The van der Waals surface area contributed by atoms with Gasteiger partial charge in [-0.15, -0.1) is 0 Å². The average molecular weight is 1230 g/mol. The summed E-state index contributed by atoms with van der Waals surface area (Å²) in [5.41, 5.74) is 0. The van der Waals surface area contributed by atoms with Gasteiger partial charge in [0.05, 0.1) is 172 Å². The van der Waals surface area contributed by atoms with Crippen LogP contribution in [0.4, 0.5) is 0 Å². The minimum absolute atomic E-state index is 0.466. The summed E-state index contributed by atoms with van der Waals surface area (Å²) in [5.74, 6) is 4.51. The predicted molar refractivity (Wildman–Crippen MR) is 329 cm³/mol. The summed E-state index contributed by atoms with van der Waals surface area (Å²) in [6, 6.07) is 22.6. The molecular formula is C64H110O22. The van der Waals surface area contributed by atoms with E-state index in [0.29, 0.717) is 225 Å². The molecule has 86 heavy (non-hydrogen) atoms. The van der Waals surface area contributed by atoms with Crippen molar-refractivity contribution in [2.45, 2.75) is 53.4 Å². The van der Waals surface area contributed by atoms with E-state index in [9.17, 15) is 0 Å². The molecule has 0 unspecified atom stereocenters. The minimum atomic E-state index is 0.466. The van der Waals surface area contributed by atoms with Gasteiger partial charge in [-0.3, -0.25) is 0 Å². The quantitative estimate of drug-likeness (QED) is 0.0486. The van der Waals surface area contributed by atoms with Crippen LogP contribution in [0.25, 0.3) is 0 Å². The summed E-state index contributed by atoms with van der Waals surface area (Å²) < 4.78 is 119. The average Bonchev–Trinajstić information content (AvgIpc) is 3.73. The molecule has 0 saturated heterocycles. The largest absolute Gasteiger partial charge is 0.491 e. The van der Waals surface area contributed by atoms with E-state index in [4.69, 9.17) is 104 Å². The second-order valence-corrected chi connectivity index (χ2v) is 18.0. The molecule has 3 aromatic carbocycles. The van der Waals surface area contributed by atoms with E-state index in [-0.39, 0.29) is 0 Å². The van der Waals surface area contributed by atoms with Gasteiger partial charge in [0.2, 0.25) is 0 Å². The lowest BCUT2D eigenvalue weighted by atomic mass is 10.3. The van der Waals surface area contributed by atoms with Crippen LogP contribution in [0.1, 0.15) is 53.4 Å². The zero-order valence-corrected chi connectivity index (χ0v) is 53.2. The Bertz CT molecular complexity index is 1600. The number of ether oxygens (including phenoxy) is 22. The van der Waals surface area contributed by atoms with Crippen LogP contribution in [0, 0.1) is 0 Å². The van der Waals surface area contributed by atoms with Gasteiger partial charge in [-0.2, -0.15) is 0 Å². The summed E-state index contributed by atoms with van der Waals surface area (Å²) in [4.78, 5) is 0. The molecule has 0 spiro atoms. The monoisotopic (exact) mass is 1230 g/mol. The Morgan fingerprint density at radius 3 is 0.570 bits per heavy atom. The normalized spacial score (nSPS) is 11.0. The fourth-order valence-corrected chi connectivity index (χ4v) is 6.51. The fourth-order valence-electron chi connectivity index (χ4n) is 6.51. The smallest absolute Gasteiger partial charge is 0.123 e. The van der Waals surface area contributed by atoms with Crippen LogP contribution < -0.4 is 28.4 Å². The predicted octanol–water partition coefficient (Wildman–Crippen LogP) is 8.50. The highest BCUT2D eigenvalue weighted by Gasteiger charge is 2.04. The first-order valence-electron chi connectivity index (χ1n) is 30.7. The van der Waals surface area contributed by atoms with Crippen LogP contribution in [0.15, 0.2) is 72.8 Å². The van der Waals surface area contributed by atoms with Crippen molar-refractivity contribution in [1.29, 1.82) is 0 Å². The molecule has 0 atom stereocenters. The first-order chi connectivity index (χ1) is 42.6. The van der Waals surface area contributed by atoms with Gasteiger partial charge in [-0.25, -0.2) is 0 Å². The van der Waals surface area contributed by atoms with E-state index in [1.807, 2.05) is 86.6 Å². The molecule has 22 heteroatoms. The van der Waals surface area contributed by atoms with Crippen LogP contribution in [0.5, 0.6) is 34.5 Å². The van der Waals surface area contributed by atoms with E-state index in [0.717, 1.165) is 73.4 Å². The molecule has 3 aromatic rings. The number of hydrogen-bond donors (Lipinski definition) is 0. The van der Waals surface area contributed by atoms with Crippen molar-refractivity contribution >= 4 is 0 Å². The SMILES string of the molecule is CCCCOCCOCCOc1cccc(OCCOCCOCCCC)c1.CCOCCOCCOCCOc1cccc(OCCOCCOCCOCC)c1.COCCOCCOCCOc1cccc(OCCOCCOCCOC)c1. The molecule has 0 saturated carbocycles. The van der Waals surface area contributed by atoms with Crippen LogP contribution in [0.3, 0.4) is 0 Å². The van der Waals surface area contributed by atoms with Gasteiger partial charge in [-0.1, -0.05) is 44.9 Å². The van der Waals surface area contributed by atoms with Gasteiger partial charge < -0.3 is 104 Å². The van der Waals surface area contributed by atoms with E-state index in [2.05, 4.69) is 13.8 Å². The molecule has 0 aliphatic carbocycles. The van der Waals surface area contributed by atoms with Crippen molar-refractivity contribution in [2.24, 2.45) is 0 Å². The number of unbranched alkanes of at least 4 members (excludes halogenated alkanes) is 2. The molecule has 0 fully saturated rings. The second kappa shape index (κ2) is 66.8. The lowest BCUT2D eigenvalue weighted by molar-refractivity contribution is 0.0110. The van der Waals surface area contributed by atoms with Crippen molar-refractivity contribution in [1.82, 2.24) is 0 Å². The lowest BCUT2D eigenvalue weighted by Crippen LogP contribution is -2.13. The van der Waals surface area contributed by atoms with Crippen molar-refractivity contribution in [2.75, 3.05) is 252 Å². The van der Waals surface area contributed by atoms with Crippen LogP contribution in [-0.4, -0.2) is 252 Å².